The average molecular weight is 355 g/mol. The summed E-state index contributed by atoms with van der Waals surface area (Å²) < 4.78 is 10.3. The van der Waals surface area contributed by atoms with Crippen LogP contribution in [0.25, 0.3) is 0 Å². The summed E-state index contributed by atoms with van der Waals surface area (Å²) in [6.07, 6.45) is 0. The SMILES string of the molecule is CCOC(=O)C(C(=O)OCC)c1ccccc1N(CC)c1ccccc1. The zero-order valence-corrected chi connectivity index (χ0v) is 15.5. The van der Waals surface area contributed by atoms with Gasteiger partial charge in [-0.05, 0) is 39.0 Å². The van der Waals surface area contributed by atoms with Gasteiger partial charge in [0.25, 0.3) is 0 Å². The summed E-state index contributed by atoms with van der Waals surface area (Å²) >= 11 is 0. The van der Waals surface area contributed by atoms with Crippen molar-refractivity contribution in [2.75, 3.05) is 24.7 Å². The van der Waals surface area contributed by atoms with E-state index in [9.17, 15) is 9.59 Å². The molecule has 26 heavy (non-hydrogen) atoms. The van der Waals surface area contributed by atoms with E-state index in [4.69, 9.17) is 9.47 Å². The van der Waals surface area contributed by atoms with Crippen LogP contribution in [0.2, 0.25) is 0 Å². The van der Waals surface area contributed by atoms with Crippen LogP contribution in [-0.4, -0.2) is 31.7 Å². The van der Waals surface area contributed by atoms with E-state index in [0.29, 0.717) is 12.1 Å². The van der Waals surface area contributed by atoms with Gasteiger partial charge in [0.15, 0.2) is 5.92 Å². The molecule has 5 heteroatoms. The first-order chi connectivity index (χ1) is 12.6. The van der Waals surface area contributed by atoms with Crippen molar-refractivity contribution < 1.29 is 19.1 Å². The summed E-state index contributed by atoms with van der Waals surface area (Å²) in [5.74, 6) is -2.30. The average Bonchev–Trinajstić information content (AvgIpc) is 2.65. The molecule has 138 valence electrons. The van der Waals surface area contributed by atoms with Gasteiger partial charge in [0, 0.05) is 23.5 Å². The Hall–Kier alpha value is -2.82. The molecule has 0 aliphatic rings. The molecular formula is C21H25NO4. The van der Waals surface area contributed by atoms with Gasteiger partial charge in [0.1, 0.15) is 0 Å². The predicted octanol–water partition coefficient (Wildman–Crippen LogP) is 4.05. The van der Waals surface area contributed by atoms with Crippen molar-refractivity contribution in [3.8, 4) is 0 Å². The quantitative estimate of drug-likeness (QED) is 0.528. The Morgan fingerprint density at radius 3 is 1.92 bits per heavy atom. The first-order valence-electron chi connectivity index (χ1n) is 8.88. The molecule has 0 bridgehead atoms. The van der Waals surface area contributed by atoms with Crippen LogP contribution in [0.1, 0.15) is 32.3 Å². The van der Waals surface area contributed by atoms with E-state index in [1.54, 1.807) is 19.9 Å². The van der Waals surface area contributed by atoms with Crippen LogP contribution in [0, 0.1) is 0 Å². The number of para-hydroxylation sites is 2. The lowest BCUT2D eigenvalue weighted by atomic mass is 9.96. The number of ether oxygens (including phenoxy) is 2. The molecular weight excluding hydrogens is 330 g/mol. The molecule has 0 atom stereocenters. The van der Waals surface area contributed by atoms with Gasteiger partial charge in [0.05, 0.1) is 13.2 Å². The monoisotopic (exact) mass is 355 g/mol. The summed E-state index contributed by atoms with van der Waals surface area (Å²) in [5, 5.41) is 0. The molecule has 2 aromatic carbocycles. The topological polar surface area (TPSA) is 55.8 Å². The predicted molar refractivity (Wildman–Crippen MR) is 102 cm³/mol. The Bertz CT molecular complexity index is 712. The van der Waals surface area contributed by atoms with E-state index in [0.717, 1.165) is 11.4 Å². The molecule has 0 unspecified atom stereocenters. The van der Waals surface area contributed by atoms with Crippen molar-refractivity contribution in [3.63, 3.8) is 0 Å². The van der Waals surface area contributed by atoms with Crippen molar-refractivity contribution in [1.82, 2.24) is 0 Å². The number of rotatable bonds is 8. The largest absolute Gasteiger partial charge is 0.465 e. The van der Waals surface area contributed by atoms with Gasteiger partial charge in [-0.3, -0.25) is 9.59 Å². The van der Waals surface area contributed by atoms with Gasteiger partial charge in [-0.2, -0.15) is 0 Å². The van der Waals surface area contributed by atoms with Crippen LogP contribution in [0.3, 0.4) is 0 Å². The number of benzene rings is 2. The number of nitrogens with zero attached hydrogens (tertiary/aromatic N) is 1. The highest BCUT2D eigenvalue weighted by molar-refractivity contribution is 6.02. The Morgan fingerprint density at radius 1 is 0.846 bits per heavy atom. The standard InChI is InChI=1S/C21H25NO4/c1-4-22(16-12-8-7-9-13-16)18-15-11-10-14-17(18)19(20(23)25-5-2)21(24)26-6-3/h7-15,19H,4-6H2,1-3H3. The third-order valence-corrected chi connectivity index (χ3v) is 3.97. The summed E-state index contributed by atoms with van der Waals surface area (Å²) in [4.78, 5) is 27.1. The molecule has 0 spiro atoms. The first kappa shape index (κ1) is 19.5. The Morgan fingerprint density at radius 2 is 1.38 bits per heavy atom. The minimum absolute atomic E-state index is 0.201. The molecule has 0 aliphatic carbocycles. The second-order valence-electron chi connectivity index (χ2n) is 5.58. The smallest absolute Gasteiger partial charge is 0.324 e. The minimum Gasteiger partial charge on any atom is -0.465 e. The molecule has 0 amide bonds. The highest BCUT2D eigenvalue weighted by Crippen LogP contribution is 2.34. The Balaban J connectivity index is 2.53. The van der Waals surface area contributed by atoms with Crippen LogP contribution in [-0.2, 0) is 19.1 Å². The Labute approximate surface area is 154 Å². The molecule has 2 rings (SSSR count). The number of anilines is 2. The van der Waals surface area contributed by atoms with E-state index in [1.807, 2.05) is 55.5 Å². The third-order valence-electron chi connectivity index (χ3n) is 3.97. The fourth-order valence-electron chi connectivity index (χ4n) is 2.88. The number of hydrogen-bond donors (Lipinski definition) is 0. The van der Waals surface area contributed by atoms with Crippen LogP contribution in [0.15, 0.2) is 54.6 Å². The maximum absolute atomic E-state index is 12.5. The Kier molecular flexibility index (Phi) is 7.21. The van der Waals surface area contributed by atoms with Gasteiger partial charge in [0.2, 0.25) is 0 Å². The van der Waals surface area contributed by atoms with Crippen LogP contribution in [0.5, 0.6) is 0 Å². The third kappa shape index (κ3) is 4.42. The molecule has 0 N–H and O–H groups in total. The normalized spacial score (nSPS) is 10.5. The molecule has 2 aromatic rings. The summed E-state index contributed by atoms with van der Waals surface area (Å²) in [5.41, 5.74) is 2.34. The van der Waals surface area contributed by atoms with E-state index in [2.05, 4.69) is 4.90 Å². The maximum atomic E-state index is 12.5. The van der Waals surface area contributed by atoms with Gasteiger partial charge in [-0.25, -0.2) is 0 Å². The molecule has 0 aromatic heterocycles. The molecule has 0 heterocycles. The highest BCUT2D eigenvalue weighted by Gasteiger charge is 2.34. The van der Waals surface area contributed by atoms with E-state index >= 15 is 0 Å². The number of hydrogen-bond acceptors (Lipinski definition) is 5. The van der Waals surface area contributed by atoms with E-state index in [1.165, 1.54) is 0 Å². The number of carbonyl (C=O) groups is 2. The van der Waals surface area contributed by atoms with Crippen molar-refractivity contribution in [1.29, 1.82) is 0 Å². The van der Waals surface area contributed by atoms with Crippen LogP contribution >= 0.6 is 0 Å². The molecule has 0 radical (unpaired) electrons. The van der Waals surface area contributed by atoms with Crippen molar-refractivity contribution in [2.24, 2.45) is 0 Å². The van der Waals surface area contributed by atoms with Gasteiger partial charge >= 0.3 is 11.9 Å². The molecule has 0 aliphatic heterocycles. The second-order valence-corrected chi connectivity index (χ2v) is 5.58. The van der Waals surface area contributed by atoms with Crippen molar-refractivity contribution in [2.45, 2.75) is 26.7 Å². The summed E-state index contributed by atoms with van der Waals surface area (Å²) in [6, 6.07) is 17.2. The maximum Gasteiger partial charge on any atom is 0.324 e. The lowest BCUT2D eigenvalue weighted by molar-refractivity contribution is -0.156. The zero-order chi connectivity index (χ0) is 18.9. The molecule has 0 saturated carbocycles. The van der Waals surface area contributed by atoms with E-state index in [-0.39, 0.29) is 13.2 Å². The van der Waals surface area contributed by atoms with Gasteiger partial charge in [-0.1, -0.05) is 36.4 Å². The number of carbonyl (C=O) groups excluding carboxylic acids is 2. The molecule has 0 saturated heterocycles. The summed E-state index contributed by atoms with van der Waals surface area (Å²) in [6.45, 7) is 6.54. The van der Waals surface area contributed by atoms with Gasteiger partial charge < -0.3 is 14.4 Å². The molecule has 5 nitrogen and oxygen atoms in total. The second kappa shape index (κ2) is 9.61. The number of esters is 2. The lowest BCUT2D eigenvalue weighted by Gasteiger charge is -2.27. The first-order valence-corrected chi connectivity index (χ1v) is 8.88. The lowest BCUT2D eigenvalue weighted by Crippen LogP contribution is -2.28. The van der Waals surface area contributed by atoms with Gasteiger partial charge in [-0.15, -0.1) is 0 Å². The summed E-state index contributed by atoms with van der Waals surface area (Å²) in [7, 11) is 0. The molecule has 0 fully saturated rings. The zero-order valence-electron chi connectivity index (χ0n) is 15.5. The highest BCUT2D eigenvalue weighted by atomic mass is 16.6. The van der Waals surface area contributed by atoms with Crippen molar-refractivity contribution in [3.05, 3.63) is 60.2 Å². The van der Waals surface area contributed by atoms with Crippen LogP contribution < -0.4 is 4.90 Å². The van der Waals surface area contributed by atoms with E-state index < -0.39 is 17.9 Å². The van der Waals surface area contributed by atoms with Crippen molar-refractivity contribution >= 4 is 23.3 Å². The van der Waals surface area contributed by atoms with Crippen LogP contribution in [0.4, 0.5) is 11.4 Å². The fraction of sp³-hybridized carbons (Fsp3) is 0.333. The fourth-order valence-corrected chi connectivity index (χ4v) is 2.88. The minimum atomic E-state index is -1.11.